The number of amides is 2. The van der Waals surface area contributed by atoms with Crippen molar-refractivity contribution >= 4 is 23.6 Å². The first-order valence-corrected chi connectivity index (χ1v) is 8.72. The van der Waals surface area contributed by atoms with E-state index in [9.17, 15) is 4.79 Å². The lowest BCUT2D eigenvalue weighted by Crippen LogP contribution is -2.40. The van der Waals surface area contributed by atoms with Crippen LogP contribution in [0.25, 0.3) is 0 Å². The zero-order valence-corrected chi connectivity index (χ0v) is 13.6. The first-order valence-electron chi connectivity index (χ1n) is 7.74. The molecule has 2 heterocycles. The predicted molar refractivity (Wildman–Crippen MR) is 93.8 cm³/mol. The number of fused-ring (bicyclic) bond motifs is 1. The maximum absolute atomic E-state index is 12.1. The molecule has 120 valence electrons. The van der Waals surface area contributed by atoms with Gasteiger partial charge in [-0.3, -0.25) is 0 Å². The molecule has 0 fully saturated rings. The number of rotatable bonds is 5. The number of benzene rings is 1. The molecule has 0 saturated heterocycles. The molecule has 1 aromatic heterocycles. The van der Waals surface area contributed by atoms with Gasteiger partial charge in [-0.1, -0.05) is 24.3 Å². The van der Waals surface area contributed by atoms with Crippen molar-refractivity contribution in [3.8, 4) is 0 Å². The second-order valence-electron chi connectivity index (χ2n) is 5.27. The fourth-order valence-electron chi connectivity index (χ4n) is 2.54. The van der Waals surface area contributed by atoms with Gasteiger partial charge in [0.05, 0.1) is 6.04 Å². The minimum Gasteiger partial charge on any atom is -0.368 e. The highest BCUT2D eigenvalue weighted by molar-refractivity contribution is 7.99. The summed E-state index contributed by atoms with van der Waals surface area (Å²) in [6, 6.07) is 13.9. The number of urea groups is 1. The van der Waals surface area contributed by atoms with Crippen LogP contribution in [0.5, 0.6) is 0 Å². The van der Waals surface area contributed by atoms with E-state index in [0.29, 0.717) is 13.1 Å². The fourth-order valence-corrected chi connectivity index (χ4v) is 3.66. The fraction of sp³-hybridized carbons (Fsp3) is 0.294. The van der Waals surface area contributed by atoms with Crippen LogP contribution in [0.4, 0.5) is 10.6 Å². The molecule has 0 aliphatic carbocycles. The van der Waals surface area contributed by atoms with E-state index in [2.05, 4.69) is 33.1 Å². The Balaban J connectivity index is 1.43. The molecule has 1 unspecified atom stereocenters. The number of thioether (sulfide) groups is 1. The summed E-state index contributed by atoms with van der Waals surface area (Å²) in [7, 11) is 0. The first-order chi connectivity index (χ1) is 11.3. The highest BCUT2D eigenvalue weighted by Crippen LogP contribution is 2.35. The molecule has 2 aromatic rings. The summed E-state index contributed by atoms with van der Waals surface area (Å²) in [6.45, 7) is 1.19. The molecular formula is C17H20N4OS. The van der Waals surface area contributed by atoms with Crippen LogP contribution in [0, 0.1) is 0 Å². The minimum absolute atomic E-state index is 0.0937. The third kappa shape index (κ3) is 4.39. The molecular weight excluding hydrogens is 308 g/mol. The Morgan fingerprint density at radius 2 is 2.04 bits per heavy atom. The van der Waals surface area contributed by atoms with Gasteiger partial charge in [-0.25, -0.2) is 9.78 Å². The second-order valence-corrected chi connectivity index (χ2v) is 6.41. The Kier molecular flexibility index (Phi) is 5.37. The molecule has 0 bridgehead atoms. The summed E-state index contributed by atoms with van der Waals surface area (Å²) >= 11 is 1.85. The van der Waals surface area contributed by atoms with Crippen molar-refractivity contribution in [1.82, 2.24) is 15.6 Å². The van der Waals surface area contributed by atoms with Gasteiger partial charge in [0, 0.05) is 29.9 Å². The van der Waals surface area contributed by atoms with Gasteiger partial charge < -0.3 is 16.0 Å². The van der Waals surface area contributed by atoms with Gasteiger partial charge in [0.25, 0.3) is 0 Å². The quantitative estimate of drug-likeness (QED) is 0.738. The van der Waals surface area contributed by atoms with Crippen molar-refractivity contribution in [1.29, 1.82) is 0 Å². The number of anilines is 1. The van der Waals surface area contributed by atoms with Crippen LogP contribution in [0.3, 0.4) is 0 Å². The van der Waals surface area contributed by atoms with Crippen LogP contribution >= 0.6 is 11.8 Å². The van der Waals surface area contributed by atoms with E-state index in [1.54, 1.807) is 6.20 Å². The monoisotopic (exact) mass is 328 g/mol. The van der Waals surface area contributed by atoms with E-state index in [-0.39, 0.29) is 12.1 Å². The Morgan fingerprint density at radius 1 is 1.17 bits per heavy atom. The average molecular weight is 328 g/mol. The molecule has 0 spiro atoms. The number of nitrogens with one attached hydrogen (secondary N) is 3. The molecule has 5 nitrogen and oxygen atoms in total. The zero-order chi connectivity index (χ0) is 15.9. The number of hydrogen-bond donors (Lipinski definition) is 3. The Morgan fingerprint density at radius 3 is 2.91 bits per heavy atom. The van der Waals surface area contributed by atoms with Crippen LogP contribution < -0.4 is 16.0 Å². The van der Waals surface area contributed by atoms with Gasteiger partial charge in [-0.15, -0.1) is 11.8 Å². The van der Waals surface area contributed by atoms with Crippen LogP contribution in [-0.2, 0) is 0 Å². The molecule has 23 heavy (non-hydrogen) atoms. The highest BCUT2D eigenvalue weighted by Gasteiger charge is 2.21. The third-order valence-electron chi connectivity index (χ3n) is 3.65. The predicted octanol–water partition coefficient (Wildman–Crippen LogP) is 3.03. The smallest absolute Gasteiger partial charge is 0.315 e. The van der Waals surface area contributed by atoms with Crippen molar-refractivity contribution < 1.29 is 4.79 Å². The molecule has 1 aliphatic heterocycles. The van der Waals surface area contributed by atoms with Crippen molar-refractivity contribution in [3.63, 3.8) is 0 Å². The Hall–Kier alpha value is -2.21. The van der Waals surface area contributed by atoms with E-state index in [4.69, 9.17) is 0 Å². The maximum Gasteiger partial charge on any atom is 0.315 e. The third-order valence-corrected chi connectivity index (χ3v) is 4.77. The zero-order valence-electron chi connectivity index (χ0n) is 12.8. The number of hydrogen-bond acceptors (Lipinski definition) is 4. The number of carbonyl (C=O) groups excluding carboxylic acids is 1. The molecule has 1 aliphatic rings. The van der Waals surface area contributed by atoms with Crippen molar-refractivity contribution in [2.24, 2.45) is 0 Å². The lowest BCUT2D eigenvalue weighted by atomic mass is 10.0. The summed E-state index contributed by atoms with van der Waals surface area (Å²) < 4.78 is 0. The molecule has 3 N–H and O–H groups in total. The Bertz CT molecular complexity index is 650. The van der Waals surface area contributed by atoms with Gasteiger partial charge in [-0.2, -0.15) is 0 Å². The molecule has 1 aromatic carbocycles. The van der Waals surface area contributed by atoms with Crippen LogP contribution in [0.2, 0.25) is 0 Å². The van der Waals surface area contributed by atoms with Gasteiger partial charge in [0.1, 0.15) is 5.82 Å². The summed E-state index contributed by atoms with van der Waals surface area (Å²) in [5.41, 5.74) is 1.21. The van der Waals surface area contributed by atoms with E-state index >= 15 is 0 Å². The van der Waals surface area contributed by atoms with E-state index < -0.39 is 0 Å². The van der Waals surface area contributed by atoms with Gasteiger partial charge in [-0.05, 0) is 30.2 Å². The van der Waals surface area contributed by atoms with Crippen molar-refractivity contribution in [2.45, 2.75) is 17.4 Å². The van der Waals surface area contributed by atoms with Crippen LogP contribution in [0.1, 0.15) is 18.0 Å². The molecule has 6 heteroatoms. The molecule has 1 atom stereocenters. The van der Waals surface area contributed by atoms with Crippen molar-refractivity contribution in [3.05, 3.63) is 54.2 Å². The molecule has 0 radical (unpaired) electrons. The summed E-state index contributed by atoms with van der Waals surface area (Å²) in [5, 5.41) is 9.11. The highest BCUT2D eigenvalue weighted by atomic mass is 32.2. The first kappa shape index (κ1) is 15.7. The number of nitrogens with zero attached hydrogens (tertiary/aromatic N) is 1. The summed E-state index contributed by atoms with van der Waals surface area (Å²) in [6.07, 6.45) is 2.70. The average Bonchev–Trinajstić information content (AvgIpc) is 2.60. The summed E-state index contributed by atoms with van der Waals surface area (Å²) in [5.74, 6) is 1.84. The minimum atomic E-state index is -0.125. The van der Waals surface area contributed by atoms with E-state index in [1.807, 2.05) is 42.1 Å². The molecule has 0 saturated carbocycles. The normalized spacial score (nSPS) is 16.3. The van der Waals surface area contributed by atoms with Crippen LogP contribution in [-0.4, -0.2) is 29.9 Å². The molecule has 3 rings (SSSR count). The topological polar surface area (TPSA) is 66.0 Å². The standard InChI is InChI=1S/C17H20N4OS/c22-17(20-11-10-19-16-7-3-4-9-18-16)21-14-8-12-23-15-6-2-1-5-13(14)15/h1-7,9,14H,8,10-12H2,(H,18,19)(H2,20,21,22). The number of carbonyl (C=O) groups is 1. The Labute approximate surface area is 140 Å². The maximum atomic E-state index is 12.1. The van der Waals surface area contributed by atoms with E-state index in [0.717, 1.165) is 18.0 Å². The SMILES string of the molecule is O=C(NCCNc1ccccn1)NC1CCSc2ccccc21. The van der Waals surface area contributed by atoms with Crippen molar-refractivity contribution in [2.75, 3.05) is 24.2 Å². The second kappa shape index (κ2) is 7.87. The number of pyridine rings is 1. The van der Waals surface area contributed by atoms with E-state index in [1.165, 1.54) is 10.5 Å². The summed E-state index contributed by atoms with van der Waals surface area (Å²) in [4.78, 5) is 17.5. The molecule has 2 amide bonds. The van der Waals surface area contributed by atoms with Crippen LogP contribution in [0.15, 0.2) is 53.6 Å². The van der Waals surface area contributed by atoms with Gasteiger partial charge in [0.15, 0.2) is 0 Å². The largest absolute Gasteiger partial charge is 0.368 e. The lowest BCUT2D eigenvalue weighted by Gasteiger charge is -2.25. The van der Waals surface area contributed by atoms with Gasteiger partial charge >= 0.3 is 6.03 Å². The van der Waals surface area contributed by atoms with Gasteiger partial charge in [0.2, 0.25) is 0 Å². The lowest BCUT2D eigenvalue weighted by molar-refractivity contribution is 0.237. The number of aromatic nitrogens is 1.